The normalized spacial score (nSPS) is 16.7. The van der Waals surface area contributed by atoms with E-state index in [9.17, 15) is 24.4 Å². The number of hydrogen-bond donors (Lipinski definition) is 2. The average molecular weight is 296 g/mol. The minimum absolute atomic E-state index is 0.00189. The van der Waals surface area contributed by atoms with E-state index in [0.29, 0.717) is 6.54 Å². The average Bonchev–Trinajstić information content (AvgIpc) is 2.93. The van der Waals surface area contributed by atoms with Crippen molar-refractivity contribution in [3.8, 4) is 0 Å². The van der Waals surface area contributed by atoms with E-state index in [1.807, 2.05) is 0 Å². The molecule has 114 valence electrons. The Morgan fingerprint density at radius 1 is 1.43 bits per heavy atom. The summed E-state index contributed by atoms with van der Waals surface area (Å²) < 4.78 is 13.5. The first-order chi connectivity index (χ1) is 9.97. The van der Waals surface area contributed by atoms with Crippen LogP contribution in [0.5, 0.6) is 0 Å². The van der Waals surface area contributed by atoms with Crippen molar-refractivity contribution in [1.29, 1.82) is 0 Å². The highest BCUT2D eigenvalue weighted by Crippen LogP contribution is 2.36. The van der Waals surface area contributed by atoms with Gasteiger partial charge in [0.2, 0.25) is 5.82 Å². The number of rotatable bonds is 5. The molecule has 1 aromatic rings. The Labute approximate surface area is 121 Å². The molecule has 0 unspecified atom stereocenters. The number of amides is 1. The van der Waals surface area contributed by atoms with E-state index >= 15 is 0 Å². The molecular weight excluding hydrogens is 279 g/mol. The topological polar surface area (TPSA) is 92.5 Å². The van der Waals surface area contributed by atoms with Crippen molar-refractivity contribution in [2.75, 3.05) is 13.2 Å². The van der Waals surface area contributed by atoms with Gasteiger partial charge in [-0.05, 0) is 25.0 Å². The fourth-order valence-electron chi connectivity index (χ4n) is 2.68. The molecule has 2 rings (SSSR count). The SMILES string of the molecule is O=C(NCC1(CO)CCCC1)c1ccc([N+](=O)[O-])c(F)c1. The van der Waals surface area contributed by atoms with Gasteiger partial charge in [0.15, 0.2) is 0 Å². The third kappa shape index (κ3) is 3.36. The number of nitro groups is 1. The lowest BCUT2D eigenvalue weighted by Crippen LogP contribution is -2.38. The van der Waals surface area contributed by atoms with E-state index in [1.54, 1.807) is 0 Å². The number of hydrogen-bond acceptors (Lipinski definition) is 4. The van der Waals surface area contributed by atoms with E-state index in [1.165, 1.54) is 6.07 Å². The Morgan fingerprint density at radius 2 is 2.10 bits per heavy atom. The fourth-order valence-corrected chi connectivity index (χ4v) is 2.68. The number of nitrogens with zero attached hydrogens (tertiary/aromatic N) is 1. The number of aliphatic hydroxyl groups excluding tert-OH is 1. The van der Waals surface area contributed by atoms with Crippen molar-refractivity contribution in [2.45, 2.75) is 25.7 Å². The maximum atomic E-state index is 13.5. The van der Waals surface area contributed by atoms with Crippen LogP contribution in [0.3, 0.4) is 0 Å². The summed E-state index contributed by atoms with van der Waals surface area (Å²) in [6.07, 6.45) is 3.72. The van der Waals surface area contributed by atoms with Gasteiger partial charge in [0.25, 0.3) is 5.91 Å². The summed E-state index contributed by atoms with van der Waals surface area (Å²) in [6, 6.07) is 3.05. The smallest absolute Gasteiger partial charge is 0.304 e. The van der Waals surface area contributed by atoms with Crippen molar-refractivity contribution in [3.63, 3.8) is 0 Å². The molecule has 7 heteroatoms. The Bertz CT molecular complexity index is 556. The van der Waals surface area contributed by atoms with Crippen LogP contribution in [0.15, 0.2) is 18.2 Å². The quantitative estimate of drug-likeness (QED) is 0.642. The van der Waals surface area contributed by atoms with Crippen LogP contribution in [0, 0.1) is 21.3 Å². The number of benzene rings is 1. The first kappa shape index (κ1) is 15.4. The summed E-state index contributed by atoms with van der Waals surface area (Å²) in [5.74, 6) is -1.53. The van der Waals surface area contributed by atoms with E-state index in [0.717, 1.165) is 37.8 Å². The van der Waals surface area contributed by atoms with Gasteiger partial charge < -0.3 is 10.4 Å². The van der Waals surface area contributed by atoms with E-state index < -0.39 is 22.3 Å². The van der Waals surface area contributed by atoms with Crippen LogP contribution in [-0.4, -0.2) is 29.1 Å². The lowest BCUT2D eigenvalue weighted by Gasteiger charge is -2.26. The summed E-state index contributed by atoms with van der Waals surface area (Å²) in [4.78, 5) is 21.6. The maximum absolute atomic E-state index is 13.5. The van der Waals surface area contributed by atoms with Gasteiger partial charge in [0.1, 0.15) is 0 Å². The monoisotopic (exact) mass is 296 g/mol. The molecule has 0 saturated heterocycles. The van der Waals surface area contributed by atoms with E-state index in [-0.39, 0.29) is 17.6 Å². The summed E-state index contributed by atoms with van der Waals surface area (Å²) in [5, 5.41) is 22.6. The third-order valence-electron chi connectivity index (χ3n) is 4.03. The maximum Gasteiger partial charge on any atom is 0.304 e. The van der Waals surface area contributed by atoms with Crippen LogP contribution < -0.4 is 5.32 Å². The molecule has 0 atom stereocenters. The Kier molecular flexibility index (Phi) is 4.52. The molecule has 1 fully saturated rings. The van der Waals surface area contributed by atoms with Crippen molar-refractivity contribution in [3.05, 3.63) is 39.7 Å². The Balaban J connectivity index is 2.03. The van der Waals surface area contributed by atoms with Crippen molar-refractivity contribution in [1.82, 2.24) is 5.32 Å². The molecule has 1 aliphatic rings. The molecule has 1 saturated carbocycles. The van der Waals surface area contributed by atoms with E-state index in [2.05, 4.69) is 5.32 Å². The fraction of sp³-hybridized carbons (Fsp3) is 0.500. The Hall–Kier alpha value is -2.02. The number of carbonyl (C=O) groups excluding carboxylic acids is 1. The molecule has 0 radical (unpaired) electrons. The molecule has 0 aliphatic heterocycles. The highest BCUT2D eigenvalue weighted by atomic mass is 19.1. The zero-order valence-electron chi connectivity index (χ0n) is 11.5. The second-order valence-corrected chi connectivity index (χ2v) is 5.47. The van der Waals surface area contributed by atoms with Crippen LogP contribution in [0.25, 0.3) is 0 Å². The number of nitro benzene ring substituents is 1. The predicted octanol–water partition coefficient (Wildman–Crippen LogP) is 2.02. The molecule has 6 nitrogen and oxygen atoms in total. The largest absolute Gasteiger partial charge is 0.396 e. The molecular formula is C14H17FN2O4. The van der Waals surface area contributed by atoms with E-state index in [4.69, 9.17) is 0 Å². The highest BCUT2D eigenvalue weighted by molar-refractivity contribution is 5.94. The first-order valence-electron chi connectivity index (χ1n) is 6.80. The number of halogens is 1. The van der Waals surface area contributed by atoms with Crippen molar-refractivity contribution >= 4 is 11.6 Å². The second kappa shape index (κ2) is 6.17. The molecule has 2 N–H and O–H groups in total. The van der Waals surface area contributed by atoms with Gasteiger partial charge >= 0.3 is 5.69 Å². The lowest BCUT2D eigenvalue weighted by atomic mass is 9.87. The lowest BCUT2D eigenvalue weighted by molar-refractivity contribution is -0.387. The van der Waals surface area contributed by atoms with Crippen molar-refractivity contribution in [2.24, 2.45) is 5.41 Å². The molecule has 1 aliphatic carbocycles. The number of nitrogens with one attached hydrogen (secondary N) is 1. The molecule has 0 spiro atoms. The minimum Gasteiger partial charge on any atom is -0.396 e. The standard InChI is InChI=1S/C14H17FN2O4/c15-11-7-10(3-4-12(11)17(20)21)13(19)16-8-14(9-18)5-1-2-6-14/h3-4,7,18H,1-2,5-6,8-9H2,(H,16,19). The second-order valence-electron chi connectivity index (χ2n) is 5.47. The summed E-state index contributed by atoms with van der Waals surface area (Å²) in [6.45, 7) is 0.322. The Morgan fingerprint density at radius 3 is 2.62 bits per heavy atom. The van der Waals surface area contributed by atoms with Gasteiger partial charge in [-0.3, -0.25) is 14.9 Å². The number of carbonyl (C=O) groups is 1. The van der Waals surface area contributed by atoms with Gasteiger partial charge in [-0.1, -0.05) is 12.8 Å². The molecule has 0 aromatic heterocycles. The molecule has 1 aromatic carbocycles. The molecule has 1 amide bonds. The first-order valence-corrected chi connectivity index (χ1v) is 6.80. The van der Waals surface area contributed by atoms with Gasteiger partial charge in [-0.2, -0.15) is 4.39 Å². The zero-order valence-corrected chi connectivity index (χ0v) is 11.5. The highest BCUT2D eigenvalue weighted by Gasteiger charge is 2.33. The summed E-state index contributed by atoms with van der Waals surface area (Å²) in [5.41, 5.74) is -0.923. The number of aliphatic hydroxyl groups is 1. The van der Waals surface area contributed by atoms with Crippen LogP contribution in [-0.2, 0) is 0 Å². The van der Waals surface area contributed by atoms with Gasteiger partial charge in [-0.15, -0.1) is 0 Å². The summed E-state index contributed by atoms with van der Waals surface area (Å²) in [7, 11) is 0. The molecule has 0 heterocycles. The minimum atomic E-state index is -1.04. The third-order valence-corrected chi connectivity index (χ3v) is 4.03. The predicted molar refractivity (Wildman–Crippen MR) is 73.4 cm³/mol. The van der Waals surface area contributed by atoms with Crippen molar-refractivity contribution < 1.29 is 19.2 Å². The molecule has 0 bridgehead atoms. The van der Waals surface area contributed by atoms with Crippen LogP contribution >= 0.6 is 0 Å². The summed E-state index contributed by atoms with van der Waals surface area (Å²) >= 11 is 0. The van der Waals surface area contributed by atoms with Gasteiger partial charge in [-0.25, -0.2) is 0 Å². The zero-order chi connectivity index (χ0) is 15.5. The van der Waals surface area contributed by atoms with Crippen LogP contribution in [0.1, 0.15) is 36.0 Å². The van der Waals surface area contributed by atoms with Gasteiger partial charge in [0, 0.05) is 23.6 Å². The van der Waals surface area contributed by atoms with Crippen LogP contribution in [0.4, 0.5) is 10.1 Å². The van der Waals surface area contributed by atoms with Gasteiger partial charge in [0.05, 0.1) is 11.5 Å². The van der Waals surface area contributed by atoms with Crippen LogP contribution in [0.2, 0.25) is 0 Å². The molecule has 21 heavy (non-hydrogen) atoms.